The number of benzene rings is 2. The molecule has 32 heavy (non-hydrogen) atoms. The highest BCUT2D eigenvalue weighted by atomic mass is 35.5. The standard InChI is InChI=1S/C24H31ClFN3O3/c1-5-18(28-19-9-7-17(26)8-10-19)13-20(15-31-3)29(2)24(30)11-6-16-12-23(32-4)21(25)14-22(16)27/h6-12,14,18,20,28H,5,13,15,27H2,1-4H3/b11-6+/t18-,20+/m0/s1. The fraction of sp³-hybridized carbons (Fsp3) is 0.375. The predicted molar refractivity (Wildman–Crippen MR) is 129 cm³/mol. The number of nitrogens with two attached hydrogens (primary N) is 1. The van der Waals surface area contributed by atoms with Crippen LogP contribution >= 0.6 is 11.6 Å². The maximum absolute atomic E-state index is 13.2. The minimum Gasteiger partial charge on any atom is -0.495 e. The highest BCUT2D eigenvalue weighted by Crippen LogP contribution is 2.30. The van der Waals surface area contributed by atoms with Gasteiger partial charge < -0.3 is 25.4 Å². The van der Waals surface area contributed by atoms with Gasteiger partial charge in [0.05, 0.1) is 24.8 Å². The van der Waals surface area contributed by atoms with Crippen molar-refractivity contribution in [1.29, 1.82) is 0 Å². The van der Waals surface area contributed by atoms with Crippen LogP contribution < -0.4 is 15.8 Å². The van der Waals surface area contributed by atoms with E-state index >= 15 is 0 Å². The molecule has 2 aromatic rings. The molecule has 1 amide bonds. The molecule has 2 rings (SSSR count). The maximum Gasteiger partial charge on any atom is 0.246 e. The van der Waals surface area contributed by atoms with Crippen LogP contribution in [0.15, 0.2) is 42.5 Å². The van der Waals surface area contributed by atoms with E-state index in [1.54, 1.807) is 49.4 Å². The maximum atomic E-state index is 13.2. The lowest BCUT2D eigenvalue weighted by Crippen LogP contribution is -2.42. The molecule has 0 aliphatic heterocycles. The highest BCUT2D eigenvalue weighted by molar-refractivity contribution is 6.32. The van der Waals surface area contributed by atoms with Crippen molar-refractivity contribution in [1.82, 2.24) is 4.90 Å². The highest BCUT2D eigenvalue weighted by Gasteiger charge is 2.22. The number of hydrogen-bond acceptors (Lipinski definition) is 5. The topological polar surface area (TPSA) is 76.8 Å². The molecular weight excluding hydrogens is 433 g/mol. The number of hydrogen-bond donors (Lipinski definition) is 2. The van der Waals surface area contributed by atoms with E-state index in [0.29, 0.717) is 35.1 Å². The SMILES string of the molecule is CC[C@@H](C[C@H](COC)N(C)C(=O)/C=C/c1cc(OC)c(Cl)cc1N)Nc1ccc(F)cc1. The zero-order valence-corrected chi connectivity index (χ0v) is 19.7. The van der Waals surface area contributed by atoms with Crippen LogP contribution in [0.25, 0.3) is 6.08 Å². The number of nitrogens with one attached hydrogen (secondary N) is 1. The van der Waals surface area contributed by atoms with E-state index in [1.807, 2.05) is 0 Å². The summed E-state index contributed by atoms with van der Waals surface area (Å²) < 4.78 is 23.8. The Hall–Kier alpha value is -2.77. The van der Waals surface area contributed by atoms with Crippen molar-refractivity contribution in [2.45, 2.75) is 31.8 Å². The molecule has 0 saturated heterocycles. The van der Waals surface area contributed by atoms with Crippen molar-refractivity contribution in [3.05, 3.63) is 58.9 Å². The fourth-order valence-corrected chi connectivity index (χ4v) is 3.56. The second-order valence-electron chi connectivity index (χ2n) is 7.50. The minimum absolute atomic E-state index is 0.0796. The first-order valence-electron chi connectivity index (χ1n) is 10.4. The van der Waals surface area contributed by atoms with Gasteiger partial charge in [-0.05, 0) is 55.3 Å². The average Bonchev–Trinajstić information content (AvgIpc) is 2.78. The second-order valence-corrected chi connectivity index (χ2v) is 7.91. The third kappa shape index (κ3) is 7.14. The Morgan fingerprint density at radius 1 is 1.28 bits per heavy atom. The number of rotatable bonds is 11. The fourth-order valence-electron chi connectivity index (χ4n) is 3.31. The van der Waals surface area contributed by atoms with Crippen molar-refractivity contribution in [3.8, 4) is 5.75 Å². The summed E-state index contributed by atoms with van der Waals surface area (Å²) in [4.78, 5) is 14.5. The van der Waals surface area contributed by atoms with Gasteiger partial charge in [-0.1, -0.05) is 18.5 Å². The Morgan fingerprint density at radius 2 is 1.97 bits per heavy atom. The molecule has 6 nitrogen and oxygen atoms in total. The lowest BCUT2D eigenvalue weighted by Gasteiger charge is -2.30. The molecule has 0 aliphatic carbocycles. The second kappa shape index (κ2) is 12.3. The van der Waals surface area contributed by atoms with E-state index in [1.165, 1.54) is 25.3 Å². The zero-order chi connectivity index (χ0) is 23.7. The van der Waals surface area contributed by atoms with Gasteiger partial charge in [-0.2, -0.15) is 0 Å². The first-order valence-corrected chi connectivity index (χ1v) is 10.8. The monoisotopic (exact) mass is 463 g/mol. The number of carbonyl (C=O) groups excluding carboxylic acids is 1. The van der Waals surface area contributed by atoms with Gasteiger partial charge in [0, 0.05) is 43.2 Å². The Kier molecular flexibility index (Phi) is 9.81. The Morgan fingerprint density at radius 3 is 2.56 bits per heavy atom. The van der Waals surface area contributed by atoms with Crippen LogP contribution in [-0.2, 0) is 9.53 Å². The van der Waals surface area contributed by atoms with Gasteiger partial charge >= 0.3 is 0 Å². The van der Waals surface area contributed by atoms with Crippen molar-refractivity contribution >= 4 is 35.0 Å². The summed E-state index contributed by atoms with van der Waals surface area (Å²) in [6.45, 7) is 2.44. The molecule has 0 fully saturated rings. The quantitative estimate of drug-likeness (QED) is 0.368. The molecule has 0 aromatic heterocycles. The number of methoxy groups -OCH3 is 2. The summed E-state index contributed by atoms with van der Waals surface area (Å²) in [7, 11) is 4.87. The number of halogens is 2. The number of nitrogens with zero attached hydrogens (tertiary/aromatic N) is 1. The molecule has 174 valence electrons. The van der Waals surface area contributed by atoms with Crippen LogP contribution in [0.1, 0.15) is 25.3 Å². The number of nitrogen functional groups attached to an aromatic ring is 1. The van der Waals surface area contributed by atoms with E-state index in [9.17, 15) is 9.18 Å². The van der Waals surface area contributed by atoms with Crippen LogP contribution in [0, 0.1) is 5.82 Å². The average molecular weight is 464 g/mol. The molecule has 0 bridgehead atoms. The van der Waals surface area contributed by atoms with E-state index in [0.717, 1.165) is 12.1 Å². The van der Waals surface area contributed by atoms with Gasteiger partial charge in [-0.3, -0.25) is 4.79 Å². The van der Waals surface area contributed by atoms with E-state index in [-0.39, 0.29) is 23.8 Å². The number of ether oxygens (including phenoxy) is 2. The summed E-state index contributed by atoms with van der Waals surface area (Å²) in [6.07, 6.45) is 4.60. The summed E-state index contributed by atoms with van der Waals surface area (Å²) in [5.74, 6) is 0.0187. The molecule has 2 aromatic carbocycles. The van der Waals surface area contributed by atoms with Crippen LogP contribution in [-0.4, -0.2) is 50.8 Å². The van der Waals surface area contributed by atoms with Crippen molar-refractivity contribution in [3.63, 3.8) is 0 Å². The van der Waals surface area contributed by atoms with Crippen LogP contribution in [0.2, 0.25) is 5.02 Å². The minimum atomic E-state index is -0.281. The van der Waals surface area contributed by atoms with Crippen LogP contribution in [0.4, 0.5) is 15.8 Å². The smallest absolute Gasteiger partial charge is 0.246 e. The van der Waals surface area contributed by atoms with Crippen molar-refractivity contribution in [2.24, 2.45) is 0 Å². The number of anilines is 2. The summed E-state index contributed by atoms with van der Waals surface area (Å²) in [5, 5.41) is 3.81. The van der Waals surface area contributed by atoms with Gasteiger partial charge in [0.15, 0.2) is 0 Å². The summed E-state index contributed by atoms with van der Waals surface area (Å²) >= 11 is 6.08. The van der Waals surface area contributed by atoms with Crippen molar-refractivity contribution < 1.29 is 18.7 Å². The van der Waals surface area contributed by atoms with E-state index < -0.39 is 0 Å². The Labute approximate surface area is 194 Å². The number of likely N-dealkylation sites (N-methyl/N-ethyl adjacent to an activating group) is 1. The van der Waals surface area contributed by atoms with Crippen LogP contribution in [0.5, 0.6) is 5.75 Å². The Bertz CT molecular complexity index is 921. The molecule has 0 saturated carbocycles. The zero-order valence-electron chi connectivity index (χ0n) is 18.9. The molecule has 0 unspecified atom stereocenters. The molecule has 0 aliphatic rings. The third-order valence-corrected chi connectivity index (χ3v) is 5.58. The van der Waals surface area contributed by atoms with Crippen LogP contribution in [0.3, 0.4) is 0 Å². The molecule has 2 atom stereocenters. The number of carbonyl (C=O) groups is 1. The molecule has 0 radical (unpaired) electrons. The molecule has 3 N–H and O–H groups in total. The van der Waals surface area contributed by atoms with Gasteiger partial charge in [-0.15, -0.1) is 0 Å². The number of amides is 1. The Balaban J connectivity index is 2.10. The summed E-state index contributed by atoms with van der Waals surface area (Å²) in [5.41, 5.74) is 7.93. The lowest BCUT2D eigenvalue weighted by atomic mass is 10.0. The molecule has 0 spiro atoms. The van der Waals surface area contributed by atoms with Gasteiger partial charge in [0.1, 0.15) is 11.6 Å². The summed E-state index contributed by atoms with van der Waals surface area (Å²) in [6, 6.07) is 9.43. The van der Waals surface area contributed by atoms with E-state index in [2.05, 4.69) is 12.2 Å². The lowest BCUT2D eigenvalue weighted by molar-refractivity contribution is -0.127. The van der Waals surface area contributed by atoms with Gasteiger partial charge in [0.25, 0.3) is 0 Å². The third-order valence-electron chi connectivity index (χ3n) is 5.28. The first-order chi connectivity index (χ1) is 15.3. The molecule has 8 heteroatoms. The normalized spacial score (nSPS) is 13.1. The van der Waals surface area contributed by atoms with Gasteiger partial charge in [0.2, 0.25) is 5.91 Å². The van der Waals surface area contributed by atoms with E-state index in [4.69, 9.17) is 26.8 Å². The first kappa shape index (κ1) is 25.5. The predicted octanol–water partition coefficient (Wildman–Crippen LogP) is 4.84. The van der Waals surface area contributed by atoms with Crippen molar-refractivity contribution in [2.75, 3.05) is 38.9 Å². The van der Waals surface area contributed by atoms with Gasteiger partial charge in [-0.25, -0.2) is 4.39 Å². The molecular formula is C24H31ClFN3O3. The molecule has 0 heterocycles. The largest absolute Gasteiger partial charge is 0.495 e.